The first kappa shape index (κ1) is 26.2. The number of hydrogen-bond donors (Lipinski definition) is 2. The summed E-state index contributed by atoms with van der Waals surface area (Å²) in [7, 11) is 1.80. The number of amidine groups is 1. The van der Waals surface area contributed by atoms with E-state index in [1.807, 2.05) is 36.4 Å². The van der Waals surface area contributed by atoms with Crippen molar-refractivity contribution in [3.8, 4) is 5.75 Å². The third-order valence-electron chi connectivity index (χ3n) is 6.18. The number of nitrogens with two attached hydrogens (primary N) is 1. The van der Waals surface area contributed by atoms with Gasteiger partial charge in [0.05, 0.1) is 28.3 Å². The minimum atomic E-state index is 0.274. The summed E-state index contributed by atoms with van der Waals surface area (Å²) in [5.41, 5.74) is 10.4. The maximum atomic E-state index is 6.58. The molecule has 1 saturated heterocycles. The zero-order valence-electron chi connectivity index (χ0n) is 21.7. The Bertz CT molecular complexity index is 1290. The average molecular weight is 521 g/mol. The highest BCUT2D eigenvalue weighted by Gasteiger charge is 2.19. The molecule has 9 nitrogen and oxygen atoms in total. The first-order chi connectivity index (χ1) is 17.9. The van der Waals surface area contributed by atoms with Gasteiger partial charge in [0, 0.05) is 38.6 Å². The van der Waals surface area contributed by atoms with Gasteiger partial charge >= 0.3 is 0 Å². The van der Waals surface area contributed by atoms with Crippen molar-refractivity contribution in [3.05, 3.63) is 70.5 Å². The lowest BCUT2D eigenvalue weighted by atomic mass is 10.1. The average Bonchev–Trinajstić information content (AvgIpc) is 3.45. The van der Waals surface area contributed by atoms with Gasteiger partial charge in [-0.1, -0.05) is 18.5 Å². The Hall–Kier alpha value is -3.85. The van der Waals surface area contributed by atoms with E-state index in [4.69, 9.17) is 27.1 Å². The van der Waals surface area contributed by atoms with Crippen LogP contribution in [-0.4, -0.2) is 47.2 Å². The Morgan fingerprint density at radius 1 is 1.30 bits per heavy atom. The van der Waals surface area contributed by atoms with Crippen molar-refractivity contribution in [2.24, 2.45) is 15.8 Å². The van der Waals surface area contributed by atoms with E-state index in [9.17, 15) is 0 Å². The molecule has 37 heavy (non-hydrogen) atoms. The number of anilines is 2. The number of aromatic nitrogens is 2. The van der Waals surface area contributed by atoms with Crippen LogP contribution in [0, 0.1) is 0 Å². The van der Waals surface area contributed by atoms with E-state index in [1.54, 1.807) is 31.6 Å². The second kappa shape index (κ2) is 11.9. The molecule has 1 fully saturated rings. The molecule has 1 aromatic heterocycles. The van der Waals surface area contributed by atoms with Gasteiger partial charge in [-0.05, 0) is 63.0 Å². The first-order valence-corrected chi connectivity index (χ1v) is 12.8. The number of benzene rings is 1. The van der Waals surface area contributed by atoms with E-state index in [1.165, 1.54) is 5.57 Å². The second-order valence-corrected chi connectivity index (χ2v) is 9.10. The largest absolute Gasteiger partial charge is 0.456 e. The van der Waals surface area contributed by atoms with Crippen LogP contribution in [0.25, 0.3) is 0 Å². The van der Waals surface area contributed by atoms with Crippen LogP contribution in [0.1, 0.15) is 45.7 Å². The van der Waals surface area contributed by atoms with Crippen LogP contribution in [0.4, 0.5) is 17.3 Å². The van der Waals surface area contributed by atoms with Crippen molar-refractivity contribution in [1.82, 2.24) is 15.0 Å². The van der Waals surface area contributed by atoms with Crippen LogP contribution < -0.4 is 20.7 Å². The molecule has 0 saturated carbocycles. The van der Waals surface area contributed by atoms with Crippen LogP contribution in [0.5, 0.6) is 5.75 Å². The smallest absolute Gasteiger partial charge is 0.226 e. The lowest BCUT2D eigenvalue weighted by Crippen LogP contribution is -2.24. The summed E-state index contributed by atoms with van der Waals surface area (Å²) in [6.07, 6.45) is 12.3. The molecule has 2 aliphatic rings. The summed E-state index contributed by atoms with van der Waals surface area (Å²) in [5, 5.41) is 9.74. The Kier molecular flexibility index (Phi) is 8.45. The van der Waals surface area contributed by atoms with Crippen LogP contribution in [-0.2, 0) is 0 Å². The van der Waals surface area contributed by atoms with Gasteiger partial charge in [-0.3, -0.25) is 0 Å². The number of ether oxygens (including phenoxy) is 1. The second-order valence-electron chi connectivity index (χ2n) is 8.69. The van der Waals surface area contributed by atoms with E-state index in [-0.39, 0.29) is 5.84 Å². The Labute approximate surface area is 223 Å². The molecule has 0 spiro atoms. The van der Waals surface area contributed by atoms with Crippen molar-refractivity contribution >= 4 is 41.0 Å². The molecule has 2 aliphatic heterocycles. The highest BCUT2D eigenvalue weighted by molar-refractivity contribution is 6.32. The van der Waals surface area contributed by atoms with Crippen molar-refractivity contribution in [2.45, 2.75) is 40.0 Å². The molecule has 0 amide bonds. The van der Waals surface area contributed by atoms with Gasteiger partial charge in [-0.25, -0.2) is 20.0 Å². The number of rotatable bonds is 8. The predicted molar refractivity (Wildman–Crippen MR) is 152 cm³/mol. The molecule has 3 N–H and O–H groups in total. The van der Waals surface area contributed by atoms with Crippen LogP contribution >= 0.6 is 11.6 Å². The number of halogens is 1. The quantitative estimate of drug-likeness (QED) is 0.345. The highest BCUT2D eigenvalue weighted by Crippen LogP contribution is 2.32. The Balaban J connectivity index is 1.56. The fourth-order valence-corrected chi connectivity index (χ4v) is 4.26. The lowest BCUT2D eigenvalue weighted by molar-refractivity contribution is 0.421. The minimum Gasteiger partial charge on any atom is -0.456 e. The monoisotopic (exact) mass is 520 g/mol. The lowest BCUT2D eigenvalue weighted by Gasteiger charge is -2.23. The standard InChI is InChI=1S/C27H33ClN8O/c1-5-18(3)23-16-20(11-14-36(23)32-6-2)37-24-10-9-19(15-21(24)28)33-26(29)25-22(30-4)17-31-27(34-25)35-12-7-8-13-35/h6,9-11,14-17,30H,5,7-8,12-13H2,1-4H3,(H2,29,33)/b23-18?,32-6-. The molecule has 3 heterocycles. The molecule has 10 heteroatoms. The molecule has 4 rings (SSSR count). The fraction of sp³-hybridized carbons (Fsp3) is 0.333. The molecule has 0 unspecified atom stereocenters. The van der Waals surface area contributed by atoms with Crippen LogP contribution in [0.15, 0.2) is 69.9 Å². The number of hydrazone groups is 1. The van der Waals surface area contributed by atoms with E-state index in [2.05, 4.69) is 39.1 Å². The van der Waals surface area contributed by atoms with E-state index >= 15 is 0 Å². The molecule has 2 aromatic rings. The Morgan fingerprint density at radius 2 is 2.08 bits per heavy atom. The SMILES string of the molecule is C/C=N\N1C=CC(Oc2ccc(N=C(N)c3nc(N4CCCC4)ncc3NC)cc2Cl)=CC1=C(C)CC. The number of allylic oxidation sites excluding steroid dienone is 3. The third kappa shape index (κ3) is 6.11. The molecule has 1 aromatic carbocycles. The maximum Gasteiger partial charge on any atom is 0.226 e. The maximum absolute atomic E-state index is 6.58. The van der Waals surface area contributed by atoms with Gasteiger partial charge in [-0.15, -0.1) is 0 Å². The zero-order chi connectivity index (χ0) is 26.4. The Morgan fingerprint density at radius 3 is 2.76 bits per heavy atom. The summed E-state index contributed by atoms with van der Waals surface area (Å²) in [6.45, 7) is 7.96. The number of hydrogen-bond acceptors (Lipinski definition) is 8. The van der Waals surface area contributed by atoms with Gasteiger partial charge in [-0.2, -0.15) is 5.10 Å². The van der Waals surface area contributed by atoms with Gasteiger partial charge in [0.15, 0.2) is 5.84 Å². The first-order valence-electron chi connectivity index (χ1n) is 12.4. The zero-order valence-corrected chi connectivity index (χ0v) is 22.5. The molecule has 0 radical (unpaired) electrons. The van der Waals surface area contributed by atoms with Crippen molar-refractivity contribution < 1.29 is 4.74 Å². The predicted octanol–water partition coefficient (Wildman–Crippen LogP) is 5.59. The normalized spacial score (nSPS) is 17.4. The van der Waals surface area contributed by atoms with Crippen LogP contribution in [0.2, 0.25) is 5.02 Å². The minimum absolute atomic E-state index is 0.274. The van der Waals surface area contributed by atoms with Crippen molar-refractivity contribution in [3.63, 3.8) is 0 Å². The molecule has 194 valence electrons. The van der Waals surface area contributed by atoms with Gasteiger partial charge in [0.25, 0.3) is 0 Å². The van der Waals surface area contributed by atoms with E-state index in [0.717, 1.165) is 38.0 Å². The summed E-state index contributed by atoms with van der Waals surface area (Å²) >= 11 is 6.58. The van der Waals surface area contributed by atoms with Crippen LogP contribution in [0.3, 0.4) is 0 Å². The van der Waals surface area contributed by atoms with Gasteiger partial charge < -0.3 is 20.7 Å². The molecular formula is C27H33ClN8O. The van der Waals surface area contributed by atoms with Crippen molar-refractivity contribution in [1.29, 1.82) is 0 Å². The summed E-state index contributed by atoms with van der Waals surface area (Å²) in [5.74, 6) is 2.12. The highest BCUT2D eigenvalue weighted by atomic mass is 35.5. The molecule has 0 aliphatic carbocycles. The van der Waals surface area contributed by atoms with Gasteiger partial charge in [0.2, 0.25) is 5.95 Å². The van der Waals surface area contributed by atoms with Gasteiger partial charge in [0.1, 0.15) is 17.2 Å². The number of nitrogens with zero attached hydrogens (tertiary/aromatic N) is 6. The molecule has 0 atom stereocenters. The summed E-state index contributed by atoms with van der Waals surface area (Å²) < 4.78 is 6.11. The summed E-state index contributed by atoms with van der Waals surface area (Å²) in [4.78, 5) is 15.9. The number of nitrogens with one attached hydrogen (secondary N) is 1. The van der Waals surface area contributed by atoms with Crippen molar-refractivity contribution in [2.75, 3.05) is 30.4 Å². The number of aliphatic imine (C=N–C) groups is 1. The molecule has 0 bridgehead atoms. The molecular weight excluding hydrogens is 488 g/mol. The van der Waals surface area contributed by atoms with E-state index in [0.29, 0.717) is 39.5 Å². The topological polar surface area (TPSA) is 104 Å². The third-order valence-corrected chi connectivity index (χ3v) is 6.48. The fourth-order valence-electron chi connectivity index (χ4n) is 4.04. The van der Waals surface area contributed by atoms with E-state index < -0.39 is 0 Å². The summed E-state index contributed by atoms with van der Waals surface area (Å²) in [6, 6.07) is 5.31.